The number of Topliss-reactive ketones (excluding diaryl/α,β-unsaturated/α-hetero) is 1. The van der Waals surface area contributed by atoms with Crippen molar-refractivity contribution in [1.29, 1.82) is 0 Å². The lowest BCUT2D eigenvalue weighted by atomic mass is 9.99. The van der Waals surface area contributed by atoms with Crippen molar-refractivity contribution in [3.8, 4) is 0 Å². The summed E-state index contributed by atoms with van der Waals surface area (Å²) in [6, 6.07) is 17.6. The predicted molar refractivity (Wildman–Crippen MR) is 133 cm³/mol. The van der Waals surface area contributed by atoms with Crippen LogP contribution < -0.4 is 4.72 Å². The maximum atomic E-state index is 13.7. The van der Waals surface area contributed by atoms with Crippen LogP contribution in [0.5, 0.6) is 0 Å². The maximum Gasteiger partial charge on any atom is 0.342 e. The van der Waals surface area contributed by atoms with Crippen LogP contribution in [0, 0.1) is 12.7 Å². The lowest BCUT2D eigenvalue weighted by Gasteiger charge is -2.21. The molecule has 0 fully saturated rings. The number of carbonyl (C=O) groups is 2. The molecule has 3 aromatic carbocycles. The highest BCUT2D eigenvalue weighted by molar-refractivity contribution is 7.92. The molecule has 3 rings (SSSR count). The number of nitrogens with one attached hydrogen (secondary N) is 1. The number of esters is 1. The van der Waals surface area contributed by atoms with Crippen molar-refractivity contribution >= 4 is 33.5 Å². The second kappa shape index (κ2) is 10.2. The van der Waals surface area contributed by atoms with Gasteiger partial charge in [0, 0.05) is 5.56 Å². The van der Waals surface area contributed by atoms with Crippen molar-refractivity contribution in [2.75, 3.05) is 4.72 Å². The van der Waals surface area contributed by atoms with Gasteiger partial charge in [0.15, 0.2) is 0 Å². The second-order valence-corrected chi connectivity index (χ2v) is 10.6. The number of aryl methyl sites for hydroxylation is 1. The lowest BCUT2D eigenvalue weighted by molar-refractivity contribution is -0.149. The Morgan fingerprint density at radius 1 is 0.943 bits per heavy atom. The number of hydrogen-bond acceptors (Lipinski definition) is 5. The Bertz CT molecular complexity index is 1390. The molecule has 0 bridgehead atoms. The molecule has 35 heavy (non-hydrogen) atoms. The molecular formula is C27H26FNO5S. The number of ether oxygens (including phenoxy) is 1. The predicted octanol–water partition coefficient (Wildman–Crippen LogP) is 5.54. The fourth-order valence-electron chi connectivity index (χ4n) is 3.15. The Morgan fingerprint density at radius 2 is 1.60 bits per heavy atom. The van der Waals surface area contributed by atoms with E-state index in [0.717, 1.165) is 5.56 Å². The van der Waals surface area contributed by atoms with E-state index in [1.807, 2.05) is 6.92 Å². The quantitative estimate of drug-likeness (QED) is 0.153. The summed E-state index contributed by atoms with van der Waals surface area (Å²) in [6.07, 6.45) is 1.23. The first-order chi connectivity index (χ1) is 16.4. The molecule has 0 radical (unpaired) electrons. The Morgan fingerprint density at radius 3 is 2.23 bits per heavy atom. The van der Waals surface area contributed by atoms with Gasteiger partial charge in [-0.3, -0.25) is 9.52 Å². The smallest absolute Gasteiger partial charge is 0.342 e. The monoisotopic (exact) mass is 495 g/mol. The maximum absolute atomic E-state index is 13.7. The van der Waals surface area contributed by atoms with Crippen molar-refractivity contribution in [3.63, 3.8) is 0 Å². The molecule has 0 saturated carbocycles. The molecule has 0 amide bonds. The average Bonchev–Trinajstić information content (AvgIpc) is 2.76. The number of rotatable bonds is 7. The van der Waals surface area contributed by atoms with Crippen LogP contribution >= 0.6 is 0 Å². The van der Waals surface area contributed by atoms with E-state index in [0.29, 0.717) is 0 Å². The summed E-state index contributed by atoms with van der Waals surface area (Å²) in [6.45, 7) is 6.79. The summed E-state index contributed by atoms with van der Waals surface area (Å²) in [7, 11) is -4.01. The van der Waals surface area contributed by atoms with Gasteiger partial charge in [-0.15, -0.1) is 0 Å². The Hall–Kier alpha value is -3.78. The summed E-state index contributed by atoms with van der Waals surface area (Å²) in [5, 5.41) is 0. The van der Waals surface area contributed by atoms with E-state index >= 15 is 0 Å². The highest BCUT2D eigenvalue weighted by atomic mass is 32.2. The van der Waals surface area contributed by atoms with E-state index in [9.17, 15) is 22.4 Å². The van der Waals surface area contributed by atoms with Gasteiger partial charge in [-0.05, 0) is 75.7 Å². The third-order valence-electron chi connectivity index (χ3n) is 4.77. The first kappa shape index (κ1) is 25.8. The van der Waals surface area contributed by atoms with Crippen LogP contribution in [-0.4, -0.2) is 25.8 Å². The fourth-order valence-corrected chi connectivity index (χ4v) is 4.23. The molecule has 0 aliphatic carbocycles. The zero-order valence-corrected chi connectivity index (χ0v) is 20.6. The number of sulfonamides is 1. The van der Waals surface area contributed by atoms with Crippen LogP contribution in [-0.2, 0) is 19.6 Å². The molecular weight excluding hydrogens is 469 g/mol. The van der Waals surface area contributed by atoms with Crippen LogP contribution in [0.25, 0.3) is 6.08 Å². The highest BCUT2D eigenvalue weighted by Gasteiger charge is 2.28. The van der Waals surface area contributed by atoms with Gasteiger partial charge in [-0.2, -0.15) is 0 Å². The number of anilines is 1. The Labute approximate surface area is 204 Å². The minimum atomic E-state index is -4.01. The molecule has 0 atom stereocenters. The van der Waals surface area contributed by atoms with Gasteiger partial charge in [0.2, 0.25) is 5.78 Å². The molecule has 0 heterocycles. The van der Waals surface area contributed by atoms with E-state index in [4.69, 9.17) is 4.74 Å². The van der Waals surface area contributed by atoms with E-state index < -0.39 is 33.2 Å². The summed E-state index contributed by atoms with van der Waals surface area (Å²) in [5.41, 5.74) is -0.165. The molecule has 0 aliphatic rings. The SMILES string of the molecule is Cc1ccc(S(=O)(=O)Nc2ccccc2C(=O)/C(=C\c2cccc(F)c2)C(=O)OC(C)(C)C)cc1. The third kappa shape index (κ3) is 6.86. The van der Waals surface area contributed by atoms with Gasteiger partial charge >= 0.3 is 5.97 Å². The van der Waals surface area contributed by atoms with Crippen molar-refractivity contribution in [1.82, 2.24) is 0 Å². The molecule has 0 unspecified atom stereocenters. The van der Waals surface area contributed by atoms with E-state index in [1.54, 1.807) is 45.0 Å². The molecule has 8 heteroatoms. The second-order valence-electron chi connectivity index (χ2n) is 8.91. The number of para-hydroxylation sites is 1. The lowest BCUT2D eigenvalue weighted by Crippen LogP contribution is -2.27. The van der Waals surface area contributed by atoms with E-state index in [2.05, 4.69) is 4.72 Å². The van der Waals surface area contributed by atoms with Gasteiger partial charge in [-0.1, -0.05) is 42.0 Å². The van der Waals surface area contributed by atoms with Gasteiger partial charge in [0.05, 0.1) is 10.6 Å². The number of ketones is 1. The standard InChI is InChI=1S/C27H26FNO5S/c1-18-12-14-21(15-13-18)35(32,33)29-24-11-6-5-10-22(24)25(30)23(26(31)34-27(2,3)4)17-19-8-7-9-20(28)16-19/h5-17,29H,1-4H3/b23-17+. The first-order valence-electron chi connectivity index (χ1n) is 10.8. The van der Waals surface area contributed by atoms with Gasteiger partial charge < -0.3 is 4.74 Å². The largest absolute Gasteiger partial charge is 0.456 e. The molecule has 182 valence electrons. The molecule has 0 aromatic heterocycles. The summed E-state index contributed by atoms with van der Waals surface area (Å²) >= 11 is 0. The van der Waals surface area contributed by atoms with Crippen LogP contribution in [0.15, 0.2) is 83.3 Å². The van der Waals surface area contributed by atoms with Crippen molar-refractivity contribution < 1.29 is 27.1 Å². The van der Waals surface area contributed by atoms with Gasteiger partial charge in [-0.25, -0.2) is 17.6 Å². The average molecular weight is 496 g/mol. The molecule has 3 aromatic rings. The van der Waals surface area contributed by atoms with Crippen molar-refractivity contribution in [3.05, 3.63) is 101 Å². The summed E-state index contributed by atoms with van der Waals surface area (Å²) < 4.78 is 47.5. The Kier molecular flexibility index (Phi) is 7.55. The third-order valence-corrected chi connectivity index (χ3v) is 6.15. The van der Waals surface area contributed by atoms with Crippen molar-refractivity contribution in [2.24, 2.45) is 0 Å². The van der Waals surface area contributed by atoms with Crippen LogP contribution in [0.3, 0.4) is 0 Å². The minimum Gasteiger partial charge on any atom is -0.456 e. The molecule has 0 aliphatic heterocycles. The highest BCUT2D eigenvalue weighted by Crippen LogP contribution is 2.25. The number of hydrogen-bond donors (Lipinski definition) is 1. The topological polar surface area (TPSA) is 89.5 Å². The molecule has 1 N–H and O–H groups in total. The molecule has 6 nitrogen and oxygen atoms in total. The Balaban J connectivity index is 2.05. The van der Waals surface area contributed by atoms with E-state index in [-0.39, 0.29) is 27.3 Å². The number of benzene rings is 3. The number of carbonyl (C=O) groups excluding carboxylic acids is 2. The van der Waals surface area contributed by atoms with Crippen LogP contribution in [0.4, 0.5) is 10.1 Å². The van der Waals surface area contributed by atoms with Gasteiger partial charge in [0.1, 0.15) is 17.0 Å². The summed E-state index contributed by atoms with van der Waals surface area (Å²) in [4.78, 5) is 26.5. The number of halogens is 1. The minimum absolute atomic E-state index is 0.00761. The fraction of sp³-hybridized carbons (Fsp3) is 0.185. The van der Waals surface area contributed by atoms with E-state index in [1.165, 1.54) is 54.6 Å². The summed E-state index contributed by atoms with van der Waals surface area (Å²) in [5.74, 6) is -2.23. The van der Waals surface area contributed by atoms with Crippen LogP contribution in [0.1, 0.15) is 42.3 Å². The zero-order chi connectivity index (χ0) is 25.8. The molecule has 0 spiro atoms. The zero-order valence-electron chi connectivity index (χ0n) is 19.8. The molecule has 0 saturated heterocycles. The van der Waals surface area contributed by atoms with Crippen molar-refractivity contribution in [2.45, 2.75) is 38.2 Å². The van der Waals surface area contributed by atoms with Gasteiger partial charge in [0.25, 0.3) is 10.0 Å². The first-order valence-corrected chi connectivity index (χ1v) is 12.3. The normalized spacial score (nSPS) is 12.2. The van der Waals surface area contributed by atoms with Crippen LogP contribution in [0.2, 0.25) is 0 Å².